The van der Waals surface area contributed by atoms with Gasteiger partial charge in [0.1, 0.15) is 0 Å². The zero-order valence-corrected chi connectivity index (χ0v) is 13.2. The summed E-state index contributed by atoms with van der Waals surface area (Å²) in [6.45, 7) is 7.67. The van der Waals surface area contributed by atoms with Crippen LogP contribution in [-0.2, 0) is 17.8 Å². The highest BCUT2D eigenvalue weighted by Gasteiger charge is 2.28. The summed E-state index contributed by atoms with van der Waals surface area (Å²) in [6, 6.07) is 6.87. The maximum Gasteiger partial charge on any atom is 0.0594 e. The van der Waals surface area contributed by atoms with E-state index < -0.39 is 0 Å². The van der Waals surface area contributed by atoms with E-state index in [0.717, 1.165) is 56.5 Å². The number of rotatable bonds is 4. The Hall–Kier alpha value is -0.650. The summed E-state index contributed by atoms with van der Waals surface area (Å²) in [5, 5.41) is 0.841. The molecule has 0 saturated carbocycles. The fraction of sp³-hybridized carbons (Fsp3) is 0.625. The molecule has 0 bridgehead atoms. The molecule has 0 amide bonds. The first-order valence-electron chi connectivity index (χ1n) is 7.78. The van der Waals surface area contributed by atoms with Crippen LogP contribution in [0.25, 0.3) is 0 Å². The van der Waals surface area contributed by atoms with Gasteiger partial charge in [-0.1, -0.05) is 23.7 Å². The van der Waals surface area contributed by atoms with E-state index in [9.17, 15) is 0 Å². The first kappa shape index (κ1) is 15.3. The molecule has 1 unspecified atom stereocenters. The van der Waals surface area contributed by atoms with Crippen molar-refractivity contribution < 1.29 is 4.74 Å². The summed E-state index contributed by atoms with van der Waals surface area (Å²) in [5.74, 6) is 0. The maximum absolute atomic E-state index is 6.36. The van der Waals surface area contributed by atoms with Gasteiger partial charge >= 0.3 is 0 Å². The van der Waals surface area contributed by atoms with E-state index in [2.05, 4.69) is 21.9 Å². The van der Waals surface area contributed by atoms with Gasteiger partial charge in [0.2, 0.25) is 0 Å². The van der Waals surface area contributed by atoms with Crippen LogP contribution in [-0.4, -0.2) is 55.2 Å². The second kappa shape index (κ2) is 7.07. The van der Waals surface area contributed by atoms with Crippen molar-refractivity contribution in [1.29, 1.82) is 0 Å². The first-order chi connectivity index (χ1) is 10.3. The minimum atomic E-state index is 0.544. The predicted octanol–water partition coefficient (Wildman–Crippen LogP) is 1.71. The molecule has 116 valence electrons. The quantitative estimate of drug-likeness (QED) is 0.919. The van der Waals surface area contributed by atoms with E-state index in [1.54, 1.807) is 0 Å². The Kier molecular flexibility index (Phi) is 5.14. The van der Waals surface area contributed by atoms with Crippen molar-refractivity contribution >= 4 is 11.6 Å². The molecule has 21 heavy (non-hydrogen) atoms. The molecule has 0 aromatic heterocycles. The number of nitrogens with two attached hydrogens (primary N) is 1. The highest BCUT2D eigenvalue weighted by Crippen LogP contribution is 2.23. The fourth-order valence-corrected chi connectivity index (χ4v) is 3.55. The monoisotopic (exact) mass is 309 g/mol. The fourth-order valence-electron chi connectivity index (χ4n) is 3.28. The van der Waals surface area contributed by atoms with Crippen LogP contribution in [0.2, 0.25) is 5.02 Å². The maximum atomic E-state index is 6.36. The van der Waals surface area contributed by atoms with E-state index >= 15 is 0 Å². The summed E-state index contributed by atoms with van der Waals surface area (Å²) < 4.78 is 5.44. The lowest BCUT2D eigenvalue weighted by molar-refractivity contribution is 0.0184. The minimum absolute atomic E-state index is 0.544. The number of halogens is 1. The van der Waals surface area contributed by atoms with Gasteiger partial charge in [-0.2, -0.15) is 0 Å². The highest BCUT2D eigenvalue weighted by molar-refractivity contribution is 6.31. The lowest BCUT2D eigenvalue weighted by Gasteiger charge is -2.32. The molecule has 5 heteroatoms. The normalized spacial score (nSPS) is 24.6. The Morgan fingerprint density at radius 2 is 2.05 bits per heavy atom. The predicted molar refractivity (Wildman–Crippen MR) is 85.4 cm³/mol. The number of likely N-dealkylation sites (tertiary alicyclic amines) is 1. The lowest BCUT2D eigenvalue weighted by Crippen LogP contribution is -2.44. The molecule has 2 fully saturated rings. The van der Waals surface area contributed by atoms with E-state index in [-0.39, 0.29) is 0 Å². The molecule has 4 nitrogen and oxygen atoms in total. The first-order valence-corrected chi connectivity index (χ1v) is 8.15. The van der Waals surface area contributed by atoms with E-state index in [1.807, 2.05) is 6.07 Å². The average Bonchev–Trinajstić information content (AvgIpc) is 2.99. The molecule has 1 aromatic carbocycles. The SMILES string of the molecule is NCc1ccc(CN2CCC(N3CCOCC3)C2)c(Cl)c1. The van der Waals surface area contributed by atoms with Gasteiger partial charge in [0.05, 0.1) is 13.2 Å². The standard InChI is InChI=1S/C16H24ClN3O/c17-16-9-13(10-18)1-2-14(16)11-19-4-3-15(12-19)20-5-7-21-8-6-20/h1-2,9,15H,3-8,10-12,18H2. The molecule has 0 aliphatic carbocycles. The van der Waals surface area contributed by atoms with Crippen LogP contribution in [0.15, 0.2) is 18.2 Å². The van der Waals surface area contributed by atoms with Gasteiger partial charge in [-0.25, -0.2) is 0 Å². The number of nitrogens with zero attached hydrogens (tertiary/aromatic N) is 2. The summed E-state index contributed by atoms with van der Waals surface area (Å²) in [7, 11) is 0. The van der Waals surface area contributed by atoms with Crippen molar-refractivity contribution in [3.63, 3.8) is 0 Å². The third kappa shape index (κ3) is 3.76. The Labute approximate surface area is 131 Å². The van der Waals surface area contributed by atoms with E-state index in [1.165, 1.54) is 12.0 Å². The molecule has 1 atom stereocenters. The zero-order chi connectivity index (χ0) is 14.7. The smallest absolute Gasteiger partial charge is 0.0594 e. The summed E-state index contributed by atoms with van der Waals surface area (Å²) >= 11 is 6.36. The molecule has 3 rings (SSSR count). The summed E-state index contributed by atoms with van der Waals surface area (Å²) in [5.41, 5.74) is 7.95. The number of hydrogen-bond acceptors (Lipinski definition) is 4. The Balaban J connectivity index is 1.56. The summed E-state index contributed by atoms with van der Waals surface area (Å²) in [4.78, 5) is 5.08. The Morgan fingerprint density at radius 3 is 2.76 bits per heavy atom. The van der Waals surface area contributed by atoms with Gasteiger partial charge in [-0.05, 0) is 23.6 Å². The zero-order valence-electron chi connectivity index (χ0n) is 12.4. The lowest BCUT2D eigenvalue weighted by atomic mass is 10.1. The molecule has 1 aromatic rings. The van der Waals surface area contributed by atoms with Gasteiger partial charge in [-0.15, -0.1) is 0 Å². The van der Waals surface area contributed by atoms with Crippen LogP contribution in [0.4, 0.5) is 0 Å². The number of hydrogen-bond donors (Lipinski definition) is 1. The van der Waals surface area contributed by atoms with Crippen molar-refractivity contribution in [2.75, 3.05) is 39.4 Å². The third-order valence-corrected chi connectivity index (χ3v) is 4.91. The van der Waals surface area contributed by atoms with Gasteiger partial charge < -0.3 is 10.5 Å². The molecule has 2 aliphatic heterocycles. The van der Waals surface area contributed by atoms with Crippen molar-refractivity contribution in [3.05, 3.63) is 34.3 Å². The number of ether oxygens (including phenoxy) is 1. The second-order valence-electron chi connectivity index (χ2n) is 5.96. The van der Waals surface area contributed by atoms with Gasteiger partial charge in [-0.3, -0.25) is 9.80 Å². The molecule has 2 heterocycles. The van der Waals surface area contributed by atoms with E-state index in [0.29, 0.717) is 12.6 Å². The molecule has 0 radical (unpaired) electrons. The molecule has 2 aliphatic rings. The molecule has 2 N–H and O–H groups in total. The highest BCUT2D eigenvalue weighted by atomic mass is 35.5. The number of morpholine rings is 1. The van der Waals surface area contributed by atoms with E-state index in [4.69, 9.17) is 22.1 Å². The van der Waals surface area contributed by atoms with Crippen LogP contribution in [0, 0.1) is 0 Å². The van der Waals surface area contributed by atoms with Crippen LogP contribution in [0.1, 0.15) is 17.5 Å². The molecule has 2 saturated heterocycles. The van der Waals surface area contributed by atoms with Gasteiger partial charge in [0.15, 0.2) is 0 Å². The number of benzene rings is 1. The van der Waals surface area contributed by atoms with Crippen LogP contribution in [0.3, 0.4) is 0 Å². The van der Waals surface area contributed by atoms with Crippen molar-refractivity contribution in [2.45, 2.75) is 25.6 Å². The topological polar surface area (TPSA) is 41.7 Å². The minimum Gasteiger partial charge on any atom is -0.379 e. The molecule has 0 spiro atoms. The largest absolute Gasteiger partial charge is 0.379 e. The Bertz CT molecular complexity index is 477. The second-order valence-corrected chi connectivity index (χ2v) is 6.36. The van der Waals surface area contributed by atoms with Crippen LogP contribution >= 0.6 is 11.6 Å². The third-order valence-electron chi connectivity index (χ3n) is 4.56. The average molecular weight is 310 g/mol. The van der Waals surface area contributed by atoms with Crippen molar-refractivity contribution in [2.24, 2.45) is 5.73 Å². The molecular weight excluding hydrogens is 286 g/mol. The van der Waals surface area contributed by atoms with Crippen molar-refractivity contribution in [1.82, 2.24) is 9.80 Å². The van der Waals surface area contributed by atoms with Crippen LogP contribution < -0.4 is 5.73 Å². The van der Waals surface area contributed by atoms with Crippen molar-refractivity contribution in [3.8, 4) is 0 Å². The van der Waals surface area contributed by atoms with Crippen LogP contribution in [0.5, 0.6) is 0 Å². The summed E-state index contributed by atoms with van der Waals surface area (Å²) in [6.07, 6.45) is 1.25. The Morgan fingerprint density at radius 1 is 1.24 bits per heavy atom. The molecular formula is C16H24ClN3O. The van der Waals surface area contributed by atoms with Gasteiger partial charge in [0.25, 0.3) is 0 Å². The van der Waals surface area contributed by atoms with Gasteiger partial charge in [0, 0.05) is 50.3 Å².